The van der Waals surface area contributed by atoms with Gasteiger partial charge < -0.3 is 4.67 Å². The lowest BCUT2D eigenvalue weighted by Gasteiger charge is -2.20. The first kappa shape index (κ1) is 9.54. The van der Waals surface area contributed by atoms with E-state index in [4.69, 9.17) is 18.2 Å². The van der Waals surface area contributed by atoms with Gasteiger partial charge >= 0.3 is 0 Å². The van der Waals surface area contributed by atoms with Gasteiger partial charge in [0.1, 0.15) is 4.59 Å². The van der Waals surface area contributed by atoms with Gasteiger partial charge in [-0.05, 0) is 17.6 Å². The third-order valence-electron chi connectivity index (χ3n) is 1.28. The van der Waals surface area contributed by atoms with Crippen molar-refractivity contribution in [2.45, 2.75) is 0 Å². The van der Waals surface area contributed by atoms with Crippen LogP contribution in [0.3, 0.4) is 0 Å². The maximum Gasteiger partial charge on any atom is 0.147 e. The maximum atomic E-state index is 5.45. The Morgan fingerprint density at radius 3 is 2.82 bits per heavy atom. The molecule has 0 aliphatic carbocycles. The quantitative estimate of drug-likeness (QED) is 0.494. The molecule has 5 heteroatoms. The molecule has 0 aromatic carbocycles. The Morgan fingerprint density at radius 2 is 2.55 bits per heavy atom. The summed E-state index contributed by atoms with van der Waals surface area (Å²) in [6, 6.07) is 0. The molecule has 0 fully saturated rings. The Labute approximate surface area is 80.5 Å². The Kier molecular flexibility index (Phi) is 2.99. The number of terminal acetylenes is 1. The van der Waals surface area contributed by atoms with E-state index < -0.39 is 4.59 Å². The zero-order valence-corrected chi connectivity index (χ0v) is 9.62. The van der Waals surface area contributed by atoms with Crippen LogP contribution < -0.4 is 0 Å². The first-order valence-electron chi connectivity index (χ1n) is 2.89. The first-order valence-corrected chi connectivity index (χ1v) is 8.90. The maximum absolute atomic E-state index is 5.45. The van der Waals surface area contributed by atoms with Crippen molar-refractivity contribution in [3.8, 4) is 12.3 Å². The van der Waals surface area contributed by atoms with Crippen LogP contribution in [0.5, 0.6) is 0 Å². The predicted molar refractivity (Wildman–Crippen MR) is 60.1 cm³/mol. The zero-order chi connectivity index (χ0) is 8.48. The van der Waals surface area contributed by atoms with Crippen molar-refractivity contribution in [3.05, 3.63) is 11.1 Å². The number of allylic oxidation sites excluding steroid dienone is 1. The summed E-state index contributed by atoms with van der Waals surface area (Å²) in [5, 5.41) is 0. The monoisotopic (exact) mass is 221 g/mol. The molecular weight excluding hydrogens is 213 g/mol. The molecule has 1 aliphatic heterocycles. The summed E-state index contributed by atoms with van der Waals surface area (Å²) in [6.07, 6.45) is 9.27. The Morgan fingerprint density at radius 1 is 1.91 bits per heavy atom. The fraction of sp³-hybridized carbons (Fsp3) is 0.333. The second-order valence-electron chi connectivity index (χ2n) is 1.95. The van der Waals surface area contributed by atoms with Crippen molar-refractivity contribution in [2.24, 2.45) is 0 Å². The lowest BCUT2D eigenvalue weighted by molar-refractivity contribution is 0.771. The minimum Gasteiger partial charge on any atom is -0.336 e. The lowest BCUT2D eigenvalue weighted by Crippen LogP contribution is -1.96. The van der Waals surface area contributed by atoms with Crippen LogP contribution in [0, 0.1) is 12.3 Å². The Bertz CT molecular complexity index is 278. The lowest BCUT2D eigenvalue weighted by atomic mass is 10.6. The number of nitrogens with zero attached hydrogens (tertiary/aromatic N) is 1. The highest BCUT2D eigenvalue weighted by Gasteiger charge is 2.27. The van der Waals surface area contributed by atoms with Crippen LogP contribution in [0.25, 0.3) is 0 Å². The summed E-state index contributed by atoms with van der Waals surface area (Å²) in [7, 11) is 1.99. The van der Waals surface area contributed by atoms with Gasteiger partial charge in [0.05, 0.1) is 4.91 Å². The van der Waals surface area contributed by atoms with Crippen molar-refractivity contribution in [1.29, 1.82) is 0 Å². The average molecular weight is 221 g/mol. The van der Waals surface area contributed by atoms with Crippen molar-refractivity contribution in [2.75, 3.05) is 13.3 Å². The number of rotatable bonds is 1. The molecule has 1 rings (SSSR count). The molecule has 11 heavy (non-hydrogen) atoms. The van der Waals surface area contributed by atoms with Crippen molar-refractivity contribution in [3.63, 3.8) is 0 Å². The molecule has 1 nitrogen and oxygen atoms in total. The van der Waals surface area contributed by atoms with Crippen LogP contribution in [0.4, 0.5) is 0 Å². The molecule has 0 saturated carbocycles. The Balaban J connectivity index is 2.87. The van der Waals surface area contributed by atoms with Crippen LogP contribution in [-0.2, 0) is 11.8 Å². The average Bonchev–Trinajstić information content (AvgIpc) is 2.29. The van der Waals surface area contributed by atoms with Crippen LogP contribution in [0.15, 0.2) is 11.1 Å². The van der Waals surface area contributed by atoms with Gasteiger partial charge in [0, 0.05) is 13.2 Å². The van der Waals surface area contributed by atoms with E-state index in [0.717, 1.165) is 4.91 Å². The summed E-state index contributed by atoms with van der Waals surface area (Å²) in [6.45, 7) is 0. The van der Waals surface area contributed by atoms with E-state index in [1.165, 1.54) is 0 Å². The fourth-order valence-electron chi connectivity index (χ4n) is 0.682. The SMILES string of the molecule is C#CC1=CN(C)P(=S)(SC)S1. The van der Waals surface area contributed by atoms with Gasteiger partial charge in [0.2, 0.25) is 0 Å². The standard InChI is InChI=1S/C6H8NPS3/c1-4-6-5-7(2)8(9,10-3)11-6/h1,5H,2-3H3. The molecule has 1 atom stereocenters. The van der Waals surface area contributed by atoms with Gasteiger partial charge in [-0.3, -0.25) is 0 Å². The van der Waals surface area contributed by atoms with Crippen LogP contribution in [0.1, 0.15) is 0 Å². The third-order valence-corrected chi connectivity index (χ3v) is 12.3. The minimum absolute atomic E-state index is 0.963. The highest BCUT2D eigenvalue weighted by atomic mass is 33.2. The summed E-state index contributed by atoms with van der Waals surface area (Å²) in [5.74, 6) is 2.61. The molecule has 0 N–H and O–H groups in total. The Hall–Kier alpha value is 0.450. The molecule has 60 valence electrons. The van der Waals surface area contributed by atoms with Crippen LogP contribution >= 0.6 is 27.4 Å². The molecule has 0 aromatic rings. The summed E-state index contributed by atoms with van der Waals surface area (Å²) >= 11 is 8.84. The summed E-state index contributed by atoms with van der Waals surface area (Å²) in [5.41, 5.74) is 0. The topological polar surface area (TPSA) is 3.24 Å². The summed E-state index contributed by atoms with van der Waals surface area (Å²) < 4.78 is 0.627. The smallest absolute Gasteiger partial charge is 0.147 e. The van der Waals surface area contributed by atoms with E-state index in [1.54, 1.807) is 22.8 Å². The van der Waals surface area contributed by atoms with E-state index in [1.807, 2.05) is 19.5 Å². The van der Waals surface area contributed by atoms with Gasteiger partial charge in [-0.2, -0.15) is 0 Å². The third kappa shape index (κ3) is 1.78. The van der Waals surface area contributed by atoms with Gasteiger partial charge in [0.15, 0.2) is 0 Å². The molecule has 0 radical (unpaired) electrons. The molecule has 0 bridgehead atoms. The number of hydrogen-bond donors (Lipinski definition) is 0. The van der Waals surface area contributed by atoms with E-state index in [9.17, 15) is 0 Å². The van der Waals surface area contributed by atoms with Crippen LogP contribution in [0.2, 0.25) is 0 Å². The first-order chi connectivity index (χ1) is 5.12. The van der Waals surface area contributed by atoms with Crippen molar-refractivity contribution in [1.82, 2.24) is 4.67 Å². The molecule has 1 unspecified atom stereocenters. The zero-order valence-electron chi connectivity index (χ0n) is 6.27. The largest absolute Gasteiger partial charge is 0.336 e. The minimum atomic E-state index is -1.45. The highest BCUT2D eigenvalue weighted by Crippen LogP contribution is 2.75. The van der Waals surface area contributed by atoms with Gasteiger partial charge in [-0.15, -0.1) is 6.42 Å². The van der Waals surface area contributed by atoms with E-state index >= 15 is 0 Å². The predicted octanol–water partition coefficient (Wildman–Crippen LogP) is 2.73. The van der Waals surface area contributed by atoms with Crippen molar-refractivity contribution >= 4 is 39.2 Å². The fourth-order valence-corrected chi connectivity index (χ4v) is 6.95. The number of hydrogen-bond acceptors (Lipinski definition) is 3. The van der Waals surface area contributed by atoms with Crippen molar-refractivity contribution < 1.29 is 0 Å². The second-order valence-corrected chi connectivity index (χ2v) is 13.0. The molecule has 0 amide bonds. The molecule has 1 heterocycles. The van der Waals surface area contributed by atoms with E-state index in [0.29, 0.717) is 0 Å². The van der Waals surface area contributed by atoms with Gasteiger partial charge in [0.25, 0.3) is 0 Å². The molecule has 0 spiro atoms. The van der Waals surface area contributed by atoms with Gasteiger partial charge in [-0.25, -0.2) is 0 Å². The van der Waals surface area contributed by atoms with Crippen LogP contribution in [-0.4, -0.2) is 18.0 Å². The highest BCUT2D eigenvalue weighted by molar-refractivity contribution is 9.00. The van der Waals surface area contributed by atoms with E-state index in [-0.39, 0.29) is 0 Å². The normalized spacial score (nSPS) is 29.9. The molecule has 1 aliphatic rings. The second kappa shape index (κ2) is 3.45. The molecular formula is C6H8NPS3. The van der Waals surface area contributed by atoms with E-state index in [2.05, 4.69) is 10.6 Å². The summed E-state index contributed by atoms with van der Waals surface area (Å²) in [4.78, 5) is 0.963. The van der Waals surface area contributed by atoms with Gasteiger partial charge in [-0.1, -0.05) is 29.1 Å². The molecule has 0 aromatic heterocycles. The molecule has 0 saturated heterocycles.